The number of nitrogens with zero attached hydrogens (tertiary/aromatic N) is 4. The highest BCUT2D eigenvalue weighted by Crippen LogP contribution is 2.17. The smallest absolute Gasteiger partial charge is 0.227 e. The fourth-order valence-corrected chi connectivity index (χ4v) is 1.53. The molecule has 17 heavy (non-hydrogen) atoms. The summed E-state index contributed by atoms with van der Waals surface area (Å²) in [5, 5.41) is 8.30. The molecule has 6 nitrogen and oxygen atoms in total. The van der Waals surface area contributed by atoms with Crippen molar-refractivity contribution in [1.29, 1.82) is 0 Å². The second-order valence-corrected chi connectivity index (χ2v) is 3.74. The Hall–Kier alpha value is -2.08. The average Bonchev–Trinajstić information content (AvgIpc) is 2.71. The lowest BCUT2D eigenvalue weighted by Crippen LogP contribution is -2.19. The first-order chi connectivity index (χ1) is 8.13. The van der Waals surface area contributed by atoms with Gasteiger partial charge in [0.25, 0.3) is 0 Å². The summed E-state index contributed by atoms with van der Waals surface area (Å²) in [5.41, 5.74) is 12.2. The lowest BCUT2D eigenvalue weighted by Gasteiger charge is -2.07. The number of rotatable bonds is 2. The van der Waals surface area contributed by atoms with Crippen molar-refractivity contribution in [2.24, 2.45) is 10.7 Å². The van der Waals surface area contributed by atoms with Gasteiger partial charge in [0.1, 0.15) is 0 Å². The lowest BCUT2D eigenvalue weighted by atomic mass is 10.3. The topological polar surface area (TPSA) is 95.1 Å². The van der Waals surface area contributed by atoms with Gasteiger partial charge < -0.3 is 11.5 Å². The third-order valence-electron chi connectivity index (χ3n) is 2.24. The van der Waals surface area contributed by atoms with Gasteiger partial charge in [-0.25, -0.2) is 0 Å². The molecule has 1 aromatic carbocycles. The Labute approximate surface area is 103 Å². The van der Waals surface area contributed by atoms with E-state index >= 15 is 0 Å². The zero-order chi connectivity index (χ0) is 12.4. The molecule has 0 aliphatic rings. The summed E-state index contributed by atoms with van der Waals surface area (Å²) in [6.45, 7) is 0. The van der Waals surface area contributed by atoms with Crippen molar-refractivity contribution in [3.8, 4) is 5.69 Å². The van der Waals surface area contributed by atoms with Crippen molar-refractivity contribution in [3.05, 3.63) is 35.1 Å². The van der Waals surface area contributed by atoms with Crippen molar-refractivity contribution in [2.45, 2.75) is 0 Å². The number of aromatic nitrogens is 3. The molecule has 1 heterocycles. The van der Waals surface area contributed by atoms with Crippen LogP contribution >= 0.6 is 11.6 Å². The predicted molar refractivity (Wildman–Crippen MR) is 67.4 cm³/mol. The molecule has 0 atom stereocenters. The number of hydrogen-bond donors (Lipinski definition) is 2. The van der Waals surface area contributed by atoms with Gasteiger partial charge in [0, 0.05) is 12.1 Å². The van der Waals surface area contributed by atoms with Gasteiger partial charge in [0.05, 0.1) is 5.69 Å². The van der Waals surface area contributed by atoms with Gasteiger partial charge in [0.2, 0.25) is 11.8 Å². The van der Waals surface area contributed by atoms with E-state index in [1.165, 1.54) is 0 Å². The van der Waals surface area contributed by atoms with E-state index in [1.54, 1.807) is 35.9 Å². The highest BCUT2D eigenvalue weighted by Gasteiger charge is 2.14. The first kappa shape index (κ1) is 11.4. The Balaban J connectivity index is 2.58. The average molecular weight is 251 g/mol. The van der Waals surface area contributed by atoms with Crippen LogP contribution in [0.4, 0.5) is 5.95 Å². The van der Waals surface area contributed by atoms with E-state index in [4.69, 9.17) is 23.1 Å². The Bertz CT molecular complexity index is 557. The van der Waals surface area contributed by atoms with E-state index in [0.717, 1.165) is 5.69 Å². The van der Waals surface area contributed by atoms with Crippen molar-refractivity contribution >= 4 is 23.4 Å². The molecule has 0 bridgehead atoms. The number of amidine groups is 1. The zero-order valence-corrected chi connectivity index (χ0v) is 9.89. The van der Waals surface area contributed by atoms with Crippen LogP contribution in [0.3, 0.4) is 0 Å². The van der Waals surface area contributed by atoms with Crippen molar-refractivity contribution in [2.75, 3.05) is 12.8 Å². The molecule has 0 amide bonds. The minimum atomic E-state index is 0.244. The molecule has 0 fully saturated rings. The van der Waals surface area contributed by atoms with Crippen LogP contribution in [0.15, 0.2) is 29.3 Å². The molecular weight excluding hydrogens is 240 g/mol. The summed E-state index contributed by atoms with van der Waals surface area (Å²) in [5.74, 6) is 0.922. The van der Waals surface area contributed by atoms with Gasteiger partial charge in [-0.2, -0.15) is 0 Å². The first-order valence-electron chi connectivity index (χ1n) is 4.83. The second kappa shape index (κ2) is 4.42. The molecule has 0 saturated carbocycles. The number of halogens is 1. The number of nitrogen functional groups attached to an aromatic ring is 1. The SMILES string of the molecule is CN=C(N)c1nnc(N)n1-c1ccc(Cl)cc1. The third-order valence-corrected chi connectivity index (χ3v) is 2.49. The molecule has 4 N–H and O–H groups in total. The van der Waals surface area contributed by atoms with Crippen LogP contribution in [0.25, 0.3) is 5.69 Å². The van der Waals surface area contributed by atoms with Crippen LogP contribution in [-0.2, 0) is 0 Å². The van der Waals surface area contributed by atoms with Crippen LogP contribution in [0.5, 0.6) is 0 Å². The molecule has 0 radical (unpaired) electrons. The number of hydrogen-bond acceptors (Lipinski definition) is 4. The summed E-state index contributed by atoms with van der Waals surface area (Å²) in [4.78, 5) is 3.87. The van der Waals surface area contributed by atoms with E-state index in [2.05, 4.69) is 15.2 Å². The lowest BCUT2D eigenvalue weighted by molar-refractivity contribution is 1.03. The summed E-state index contributed by atoms with van der Waals surface area (Å²) in [7, 11) is 1.58. The molecule has 88 valence electrons. The van der Waals surface area contributed by atoms with E-state index < -0.39 is 0 Å². The Morgan fingerprint density at radius 2 is 1.94 bits per heavy atom. The molecule has 0 spiro atoms. The summed E-state index contributed by atoms with van der Waals surface area (Å²) in [6.07, 6.45) is 0. The first-order valence-corrected chi connectivity index (χ1v) is 5.20. The third kappa shape index (κ3) is 2.07. The standard InChI is InChI=1S/C10H11ClN6/c1-14-8(12)9-15-16-10(13)17(9)7-4-2-6(11)3-5-7/h2-5H,1H3,(H2,12,14)(H2,13,16). The van der Waals surface area contributed by atoms with Gasteiger partial charge >= 0.3 is 0 Å². The molecule has 0 aliphatic heterocycles. The molecular formula is C10H11ClN6. The number of aliphatic imine (C=N–C) groups is 1. The van der Waals surface area contributed by atoms with E-state index in [9.17, 15) is 0 Å². The highest BCUT2D eigenvalue weighted by atomic mass is 35.5. The zero-order valence-electron chi connectivity index (χ0n) is 9.13. The summed E-state index contributed by atoms with van der Waals surface area (Å²) < 4.78 is 1.61. The van der Waals surface area contributed by atoms with Crippen LogP contribution in [-0.4, -0.2) is 27.6 Å². The van der Waals surface area contributed by atoms with Gasteiger partial charge in [-0.15, -0.1) is 10.2 Å². The van der Waals surface area contributed by atoms with Crippen LogP contribution < -0.4 is 11.5 Å². The van der Waals surface area contributed by atoms with Crippen LogP contribution in [0.1, 0.15) is 5.82 Å². The quantitative estimate of drug-likeness (QED) is 0.610. The maximum Gasteiger partial charge on any atom is 0.227 e. The summed E-state index contributed by atoms with van der Waals surface area (Å²) >= 11 is 5.82. The van der Waals surface area contributed by atoms with Gasteiger partial charge in [-0.1, -0.05) is 11.6 Å². The van der Waals surface area contributed by atoms with E-state index in [0.29, 0.717) is 10.8 Å². The largest absolute Gasteiger partial charge is 0.381 e. The maximum atomic E-state index is 5.82. The molecule has 2 aromatic rings. The molecule has 0 unspecified atom stereocenters. The number of nitrogens with two attached hydrogens (primary N) is 2. The minimum absolute atomic E-state index is 0.244. The Morgan fingerprint density at radius 3 is 2.53 bits per heavy atom. The van der Waals surface area contributed by atoms with E-state index in [1.807, 2.05) is 0 Å². The predicted octanol–water partition coefficient (Wildman–Crippen LogP) is 0.838. The van der Waals surface area contributed by atoms with Gasteiger partial charge in [-0.3, -0.25) is 9.56 Å². The fraction of sp³-hybridized carbons (Fsp3) is 0.100. The molecule has 7 heteroatoms. The highest BCUT2D eigenvalue weighted by molar-refractivity contribution is 6.30. The fourth-order valence-electron chi connectivity index (χ4n) is 1.41. The van der Waals surface area contributed by atoms with Crippen LogP contribution in [0.2, 0.25) is 5.02 Å². The molecule has 0 aliphatic carbocycles. The maximum absolute atomic E-state index is 5.82. The van der Waals surface area contributed by atoms with E-state index in [-0.39, 0.29) is 11.8 Å². The van der Waals surface area contributed by atoms with Crippen molar-refractivity contribution in [3.63, 3.8) is 0 Å². The second-order valence-electron chi connectivity index (χ2n) is 3.30. The Morgan fingerprint density at radius 1 is 1.29 bits per heavy atom. The molecule has 0 saturated heterocycles. The van der Waals surface area contributed by atoms with Crippen molar-refractivity contribution < 1.29 is 0 Å². The normalized spacial score (nSPS) is 11.8. The van der Waals surface area contributed by atoms with Gasteiger partial charge in [-0.05, 0) is 24.3 Å². The summed E-state index contributed by atoms with van der Waals surface area (Å²) in [6, 6.07) is 7.10. The monoisotopic (exact) mass is 250 g/mol. The van der Waals surface area contributed by atoms with Crippen LogP contribution in [0, 0.1) is 0 Å². The van der Waals surface area contributed by atoms with Gasteiger partial charge in [0.15, 0.2) is 5.84 Å². The Kier molecular flexibility index (Phi) is 2.97. The number of anilines is 1. The molecule has 2 rings (SSSR count). The molecule has 1 aromatic heterocycles. The number of benzene rings is 1. The van der Waals surface area contributed by atoms with Crippen molar-refractivity contribution in [1.82, 2.24) is 14.8 Å². The minimum Gasteiger partial charge on any atom is -0.381 e.